The molecule has 0 radical (unpaired) electrons. The third kappa shape index (κ3) is 4.12. The van der Waals surface area contributed by atoms with Gasteiger partial charge in [0.2, 0.25) is 0 Å². The second-order valence-corrected chi connectivity index (χ2v) is 13.4. The summed E-state index contributed by atoms with van der Waals surface area (Å²) in [4.78, 5) is 0. The maximum absolute atomic E-state index is 2.46. The van der Waals surface area contributed by atoms with E-state index in [1.54, 1.807) is 0 Å². The molecule has 0 saturated heterocycles. The molecule has 0 saturated carbocycles. The van der Waals surface area contributed by atoms with Crippen molar-refractivity contribution in [3.63, 3.8) is 0 Å². The zero-order chi connectivity index (χ0) is 32.5. The lowest BCUT2D eigenvalue weighted by molar-refractivity contribution is 1.47. The van der Waals surface area contributed by atoms with Crippen LogP contribution in [0, 0.1) is 13.8 Å². The highest BCUT2D eigenvalue weighted by Gasteiger charge is 2.27. The highest BCUT2D eigenvalue weighted by Crippen LogP contribution is 2.51. The largest absolute Gasteiger partial charge is 0.140 e. The minimum atomic E-state index is 1.24. The Morgan fingerprint density at radius 3 is 1.56 bits per heavy atom. The molecule has 0 unspecified atom stereocenters. The summed E-state index contributed by atoms with van der Waals surface area (Å²) in [6.45, 7) is 4.55. The second-order valence-electron chi connectivity index (χ2n) is 13.4. The third-order valence-electron chi connectivity index (χ3n) is 10.6. The summed E-state index contributed by atoms with van der Waals surface area (Å²) in [6.07, 6.45) is 0. The van der Waals surface area contributed by atoms with E-state index in [0.717, 1.165) is 0 Å². The van der Waals surface area contributed by atoms with Gasteiger partial charge in [0.05, 0.1) is 0 Å². The molecule has 0 amide bonds. The van der Waals surface area contributed by atoms with Gasteiger partial charge in [-0.05, 0) is 119 Å². The molecule has 0 aliphatic heterocycles. The Kier molecular flexibility index (Phi) is 6.56. The molecular weight excluding hydrogens is 574 g/mol. The minimum absolute atomic E-state index is 1.24. The lowest BCUT2D eigenvalue weighted by Crippen LogP contribution is -2.14. The van der Waals surface area contributed by atoms with E-state index in [-0.39, 0.29) is 0 Å². The van der Waals surface area contributed by atoms with Crippen molar-refractivity contribution in [1.29, 1.82) is 0 Å². The van der Waals surface area contributed by atoms with Crippen molar-refractivity contribution >= 4 is 69.7 Å². The van der Waals surface area contributed by atoms with Crippen molar-refractivity contribution < 1.29 is 0 Å². The molecule has 0 N–H and O–H groups in total. The average Bonchev–Trinajstić information content (AvgIpc) is 3.13. The van der Waals surface area contributed by atoms with Crippen molar-refractivity contribution in [2.24, 2.45) is 0 Å². The first kappa shape index (κ1) is 28.6. The molecule has 224 valence electrons. The Morgan fingerprint density at radius 2 is 0.896 bits per heavy atom. The van der Waals surface area contributed by atoms with Crippen LogP contribution in [0.15, 0.2) is 146 Å². The first-order chi connectivity index (χ1) is 23.5. The number of benzene rings is 9. The quantitative estimate of drug-likeness (QED) is 0.106. The van der Waals surface area contributed by atoms with Crippen LogP contribution in [0.3, 0.4) is 0 Å². The number of hydrogen-bond donors (Lipinski definition) is 0. The zero-order valence-corrected chi connectivity index (χ0v) is 27.9. The predicted octanol–water partition coefficient (Wildman–Crippen LogP) is 9.54. The van der Waals surface area contributed by atoms with E-state index in [1.165, 1.54) is 110 Å². The first-order valence-electron chi connectivity index (χ1n) is 17.0. The van der Waals surface area contributed by atoms with Crippen molar-refractivity contribution in [1.82, 2.24) is 0 Å². The van der Waals surface area contributed by atoms with Crippen LogP contribution in [-0.2, 0) is 0 Å². The Labute approximate surface area is 283 Å². The maximum atomic E-state index is 2.46. The Morgan fingerprint density at radius 1 is 0.354 bits per heavy atom. The number of rotatable bonds is 4. The molecule has 48 heavy (non-hydrogen) atoms. The van der Waals surface area contributed by atoms with Crippen LogP contribution in [-0.4, -0.2) is 15.7 Å². The summed E-state index contributed by atoms with van der Waals surface area (Å²) in [7, 11) is 4.62. The van der Waals surface area contributed by atoms with E-state index < -0.39 is 0 Å². The Balaban J connectivity index is 1.64. The van der Waals surface area contributed by atoms with Gasteiger partial charge < -0.3 is 0 Å². The van der Waals surface area contributed by atoms with E-state index in [2.05, 4.69) is 175 Å². The summed E-state index contributed by atoms with van der Waals surface area (Å²) < 4.78 is 0. The molecule has 0 nitrogen and oxygen atoms in total. The third-order valence-corrected chi connectivity index (χ3v) is 10.6. The molecule has 9 rings (SSSR count). The SMILES string of the molecule is Bc1ccc2c3c(-c4ccccc4C)c(-c4ccccc4)c(B)c4c(C)ccc(c5c(-c6ccccc6)c(-c6ccccc6)cc1c25)c43. The molecule has 2 heteroatoms. The van der Waals surface area contributed by atoms with E-state index in [1.807, 2.05) is 0 Å². The lowest BCUT2D eigenvalue weighted by Gasteiger charge is -2.27. The molecule has 0 aromatic heterocycles. The monoisotopic (exact) mass is 608 g/mol. The molecule has 0 aliphatic carbocycles. The standard InChI is InChI=1S/C46H34B2/c1-27-14-12-13-21-32(27)42-40(31-19-10-5-11-20-31)46(48)38-28(2)22-23-34-43(38)45(42)33-24-25-37(47)36-26-35(29-15-6-3-7-16-29)39(44(34)41(33)36)30-17-8-4-9-18-30/h3-26H,47-48H2,1-2H3. The molecule has 0 spiro atoms. The fraction of sp³-hybridized carbons (Fsp3) is 0.0435. The molecule has 0 atom stereocenters. The Hall–Kier alpha value is -5.59. The van der Waals surface area contributed by atoms with Gasteiger partial charge in [-0.1, -0.05) is 150 Å². The van der Waals surface area contributed by atoms with Gasteiger partial charge in [0.15, 0.2) is 0 Å². The zero-order valence-electron chi connectivity index (χ0n) is 27.9. The van der Waals surface area contributed by atoms with Crippen molar-refractivity contribution in [3.8, 4) is 44.5 Å². The smallest absolute Gasteiger partial charge is 0.0812 e. The maximum Gasteiger partial charge on any atom is 0.140 e. The molecule has 0 heterocycles. The van der Waals surface area contributed by atoms with E-state index in [0.29, 0.717) is 0 Å². The number of hydrogen-bond acceptors (Lipinski definition) is 0. The van der Waals surface area contributed by atoms with Gasteiger partial charge >= 0.3 is 0 Å². The highest BCUT2D eigenvalue weighted by molar-refractivity contribution is 6.51. The van der Waals surface area contributed by atoms with Crippen LogP contribution in [0.2, 0.25) is 0 Å². The van der Waals surface area contributed by atoms with Gasteiger partial charge in [0.25, 0.3) is 0 Å². The van der Waals surface area contributed by atoms with Crippen LogP contribution >= 0.6 is 0 Å². The normalized spacial score (nSPS) is 11.7. The van der Waals surface area contributed by atoms with Gasteiger partial charge in [-0.25, -0.2) is 0 Å². The van der Waals surface area contributed by atoms with Crippen molar-refractivity contribution in [3.05, 3.63) is 157 Å². The number of fused-ring (bicyclic) bond motifs is 2. The van der Waals surface area contributed by atoms with Crippen LogP contribution in [0.4, 0.5) is 0 Å². The van der Waals surface area contributed by atoms with E-state index in [4.69, 9.17) is 0 Å². The topological polar surface area (TPSA) is 0 Å². The minimum Gasteiger partial charge on any atom is -0.0812 e. The molecular formula is C46H34B2. The average molecular weight is 608 g/mol. The van der Waals surface area contributed by atoms with Crippen LogP contribution in [0.25, 0.3) is 87.6 Å². The van der Waals surface area contributed by atoms with Gasteiger partial charge in [-0.2, -0.15) is 0 Å². The van der Waals surface area contributed by atoms with Crippen LogP contribution in [0.5, 0.6) is 0 Å². The molecule has 9 aromatic carbocycles. The molecule has 0 aliphatic rings. The lowest BCUT2D eigenvalue weighted by atomic mass is 9.71. The summed E-state index contributed by atoms with van der Waals surface area (Å²) >= 11 is 0. The van der Waals surface area contributed by atoms with E-state index in [9.17, 15) is 0 Å². The highest BCUT2D eigenvalue weighted by atomic mass is 14.3. The summed E-state index contributed by atoms with van der Waals surface area (Å²) in [5, 5.41) is 10.7. The summed E-state index contributed by atoms with van der Waals surface area (Å²) in [5.74, 6) is 0. The fourth-order valence-electron chi connectivity index (χ4n) is 8.46. The summed E-state index contributed by atoms with van der Waals surface area (Å²) in [6, 6.07) is 53.9. The molecule has 0 fully saturated rings. The van der Waals surface area contributed by atoms with Gasteiger partial charge in [0, 0.05) is 0 Å². The van der Waals surface area contributed by atoms with E-state index >= 15 is 0 Å². The Bertz CT molecular complexity index is 2670. The predicted molar refractivity (Wildman–Crippen MR) is 215 cm³/mol. The number of aryl methyl sites for hydroxylation is 2. The fourth-order valence-corrected chi connectivity index (χ4v) is 8.46. The van der Waals surface area contributed by atoms with Gasteiger partial charge in [0.1, 0.15) is 15.7 Å². The molecule has 9 aromatic rings. The van der Waals surface area contributed by atoms with Crippen LogP contribution in [0.1, 0.15) is 11.1 Å². The molecule has 0 bridgehead atoms. The van der Waals surface area contributed by atoms with Crippen molar-refractivity contribution in [2.45, 2.75) is 13.8 Å². The second kappa shape index (κ2) is 11.0. The van der Waals surface area contributed by atoms with Gasteiger partial charge in [-0.3, -0.25) is 0 Å². The summed E-state index contributed by atoms with van der Waals surface area (Å²) in [5.41, 5.74) is 15.5. The van der Waals surface area contributed by atoms with Gasteiger partial charge in [-0.15, -0.1) is 0 Å². The first-order valence-corrected chi connectivity index (χ1v) is 17.0. The van der Waals surface area contributed by atoms with Crippen LogP contribution < -0.4 is 10.9 Å². The van der Waals surface area contributed by atoms with Crippen molar-refractivity contribution in [2.75, 3.05) is 0 Å².